The van der Waals surface area contributed by atoms with Gasteiger partial charge in [-0.05, 0) is 92.9 Å². The number of rotatable bonds is 8. The third kappa shape index (κ3) is 5.42. The number of amides is 2. The summed E-state index contributed by atoms with van der Waals surface area (Å²) in [6.07, 6.45) is 3.78. The molecule has 2 saturated heterocycles. The predicted molar refractivity (Wildman–Crippen MR) is 153 cm³/mol. The van der Waals surface area contributed by atoms with Crippen LogP contribution in [-0.2, 0) is 4.79 Å². The molecule has 1 aromatic heterocycles. The fourth-order valence-corrected chi connectivity index (χ4v) is 6.00. The number of ether oxygens (including phenoxy) is 1. The second-order valence-corrected chi connectivity index (χ2v) is 10.8. The molecule has 0 saturated carbocycles. The van der Waals surface area contributed by atoms with Crippen molar-refractivity contribution in [2.24, 2.45) is 0 Å². The number of carbonyl (C=O) groups excluding carboxylic acids is 2. The molecule has 9 nitrogen and oxygen atoms in total. The van der Waals surface area contributed by atoms with Gasteiger partial charge in [0.15, 0.2) is 0 Å². The maximum absolute atomic E-state index is 13.0. The van der Waals surface area contributed by atoms with Crippen LogP contribution in [0, 0.1) is 30.9 Å². The van der Waals surface area contributed by atoms with Crippen LogP contribution in [0.2, 0.25) is 0 Å². The van der Waals surface area contributed by atoms with Crippen molar-refractivity contribution in [3.05, 3.63) is 86.1 Å². The van der Waals surface area contributed by atoms with Crippen molar-refractivity contribution in [1.82, 2.24) is 9.47 Å². The van der Waals surface area contributed by atoms with Gasteiger partial charge in [0.25, 0.3) is 16.8 Å². The number of hydrogen-bond donors (Lipinski definition) is 0. The summed E-state index contributed by atoms with van der Waals surface area (Å²) in [5, 5.41) is 11.6. The summed E-state index contributed by atoms with van der Waals surface area (Å²) in [5.74, 6) is 0.340. The number of thioether (sulfide) groups is 1. The summed E-state index contributed by atoms with van der Waals surface area (Å²) in [5.41, 5.74) is 4.94. The second kappa shape index (κ2) is 11.0. The van der Waals surface area contributed by atoms with Crippen LogP contribution >= 0.6 is 11.8 Å². The van der Waals surface area contributed by atoms with Crippen LogP contribution in [0.1, 0.15) is 35.4 Å². The van der Waals surface area contributed by atoms with E-state index < -0.39 is 0 Å². The highest BCUT2D eigenvalue weighted by Crippen LogP contribution is 2.36. The fraction of sp³-hybridized carbons (Fsp3) is 0.310. The molecule has 3 heterocycles. The number of anilines is 1. The van der Waals surface area contributed by atoms with Gasteiger partial charge in [0.2, 0.25) is 0 Å². The van der Waals surface area contributed by atoms with Gasteiger partial charge < -0.3 is 14.2 Å². The molecule has 202 valence electrons. The van der Waals surface area contributed by atoms with Crippen molar-refractivity contribution in [2.75, 3.05) is 31.1 Å². The minimum absolute atomic E-state index is 0.0810. The third-order valence-corrected chi connectivity index (χ3v) is 7.97. The van der Waals surface area contributed by atoms with Crippen molar-refractivity contribution in [2.45, 2.75) is 33.6 Å². The molecule has 0 unspecified atom stereocenters. The average Bonchev–Trinajstić information content (AvgIpc) is 3.59. The number of imide groups is 1. The van der Waals surface area contributed by atoms with Gasteiger partial charge in [-0.1, -0.05) is 12.1 Å². The predicted octanol–water partition coefficient (Wildman–Crippen LogP) is 6.03. The molecular weight excluding hydrogens is 516 g/mol. The summed E-state index contributed by atoms with van der Waals surface area (Å²) in [6, 6.07) is 14.8. The molecule has 0 atom stereocenters. The van der Waals surface area contributed by atoms with E-state index in [1.54, 1.807) is 12.1 Å². The summed E-state index contributed by atoms with van der Waals surface area (Å²) in [7, 11) is 0. The summed E-state index contributed by atoms with van der Waals surface area (Å²) in [4.78, 5) is 40.8. The number of nitrogens with zero attached hydrogens (tertiary/aromatic N) is 4. The van der Waals surface area contributed by atoms with Gasteiger partial charge in [-0.15, -0.1) is 0 Å². The molecule has 10 heteroatoms. The minimum atomic E-state index is -0.353. The summed E-state index contributed by atoms with van der Waals surface area (Å²) >= 11 is 0.906. The van der Waals surface area contributed by atoms with E-state index in [1.807, 2.05) is 67.8 Å². The first kappa shape index (κ1) is 26.6. The Morgan fingerprint density at radius 1 is 1.05 bits per heavy atom. The number of nitro benzene ring substituents is 1. The zero-order chi connectivity index (χ0) is 27.7. The molecule has 0 N–H and O–H groups in total. The molecule has 2 fully saturated rings. The van der Waals surface area contributed by atoms with Crippen LogP contribution in [0.3, 0.4) is 0 Å². The normalized spacial score (nSPS) is 16.5. The van der Waals surface area contributed by atoms with Crippen molar-refractivity contribution in [1.29, 1.82) is 0 Å². The molecule has 5 rings (SSSR count). The van der Waals surface area contributed by atoms with Crippen molar-refractivity contribution >= 4 is 40.4 Å². The molecule has 0 radical (unpaired) electrons. The van der Waals surface area contributed by atoms with E-state index in [-0.39, 0.29) is 34.9 Å². The first-order chi connectivity index (χ1) is 18.7. The number of carbonyl (C=O) groups is 2. The standard InChI is InChI=1S/C29H30N4O5S/c1-19-7-6-8-24(15-19)38-14-13-31-28(34)27(39-29(31)35)17-22-16-20(2)32(21(22)3)23-9-10-25(26(18-23)33(36)37)30-11-4-5-12-30/h6-10,15-18H,4-5,11-14H2,1-3H3/b27-17-. The zero-order valence-corrected chi connectivity index (χ0v) is 23.0. The Labute approximate surface area is 231 Å². The average molecular weight is 547 g/mol. The van der Waals surface area contributed by atoms with E-state index >= 15 is 0 Å². The van der Waals surface area contributed by atoms with Crippen molar-refractivity contribution in [3.8, 4) is 11.4 Å². The molecule has 2 amide bonds. The molecule has 0 bridgehead atoms. The van der Waals surface area contributed by atoms with E-state index in [4.69, 9.17) is 4.74 Å². The van der Waals surface area contributed by atoms with Crippen LogP contribution < -0.4 is 9.64 Å². The highest BCUT2D eigenvalue weighted by atomic mass is 32.2. The minimum Gasteiger partial charge on any atom is -0.492 e. The van der Waals surface area contributed by atoms with E-state index in [1.165, 1.54) is 4.90 Å². The quantitative estimate of drug-likeness (QED) is 0.193. The number of aryl methyl sites for hydroxylation is 2. The topological polar surface area (TPSA) is 97.9 Å². The van der Waals surface area contributed by atoms with Crippen LogP contribution in [0.15, 0.2) is 53.4 Å². The molecule has 0 aliphatic carbocycles. The van der Waals surface area contributed by atoms with Gasteiger partial charge in [-0.2, -0.15) is 0 Å². The lowest BCUT2D eigenvalue weighted by Crippen LogP contribution is -2.32. The van der Waals surface area contributed by atoms with E-state index in [9.17, 15) is 19.7 Å². The number of aromatic nitrogens is 1. The molecule has 2 aliphatic rings. The molecule has 2 aromatic carbocycles. The maximum atomic E-state index is 13.0. The number of benzene rings is 2. The van der Waals surface area contributed by atoms with Gasteiger partial charge in [0, 0.05) is 30.5 Å². The Hall–Kier alpha value is -4.05. The molecule has 0 spiro atoms. The lowest BCUT2D eigenvalue weighted by Gasteiger charge is -2.19. The molecule has 2 aliphatic heterocycles. The zero-order valence-electron chi connectivity index (χ0n) is 22.2. The highest BCUT2D eigenvalue weighted by molar-refractivity contribution is 8.18. The first-order valence-electron chi connectivity index (χ1n) is 12.9. The van der Waals surface area contributed by atoms with Crippen LogP contribution in [0.5, 0.6) is 5.75 Å². The lowest BCUT2D eigenvalue weighted by atomic mass is 10.2. The van der Waals surface area contributed by atoms with E-state index in [2.05, 4.69) is 4.90 Å². The SMILES string of the molecule is Cc1cccc(OCCN2C(=O)S/C(=C\c3cc(C)n(-c4ccc(N5CCCC5)c([N+](=O)[O-])c4)c3C)C2=O)c1. The number of hydrogen-bond acceptors (Lipinski definition) is 7. The Balaban J connectivity index is 1.35. The Morgan fingerprint density at radius 3 is 2.54 bits per heavy atom. The molecule has 39 heavy (non-hydrogen) atoms. The third-order valence-electron chi connectivity index (χ3n) is 7.06. The van der Waals surface area contributed by atoms with Gasteiger partial charge >= 0.3 is 0 Å². The summed E-state index contributed by atoms with van der Waals surface area (Å²) in [6.45, 7) is 7.78. The smallest absolute Gasteiger partial charge is 0.294 e. The largest absolute Gasteiger partial charge is 0.492 e. The van der Waals surface area contributed by atoms with Gasteiger partial charge in [0.05, 0.1) is 22.1 Å². The Bertz CT molecular complexity index is 1490. The van der Waals surface area contributed by atoms with Crippen LogP contribution in [-0.4, -0.2) is 51.8 Å². The fourth-order valence-electron chi connectivity index (χ4n) is 5.15. The Morgan fingerprint density at radius 2 is 1.82 bits per heavy atom. The first-order valence-corrected chi connectivity index (χ1v) is 13.7. The molecule has 3 aromatic rings. The van der Waals surface area contributed by atoms with Crippen LogP contribution in [0.4, 0.5) is 16.2 Å². The monoisotopic (exact) mass is 546 g/mol. The van der Waals surface area contributed by atoms with Crippen molar-refractivity contribution in [3.63, 3.8) is 0 Å². The highest BCUT2D eigenvalue weighted by Gasteiger charge is 2.35. The molecular formula is C29H30N4O5S. The van der Waals surface area contributed by atoms with Crippen LogP contribution in [0.25, 0.3) is 11.8 Å². The summed E-state index contributed by atoms with van der Waals surface area (Å²) < 4.78 is 7.66. The lowest BCUT2D eigenvalue weighted by molar-refractivity contribution is -0.384. The van der Waals surface area contributed by atoms with Crippen molar-refractivity contribution < 1.29 is 19.2 Å². The Kier molecular flexibility index (Phi) is 7.47. The van der Waals surface area contributed by atoms with Gasteiger partial charge in [0.1, 0.15) is 18.0 Å². The van der Waals surface area contributed by atoms with Gasteiger partial charge in [-0.25, -0.2) is 0 Å². The number of nitro groups is 1. The maximum Gasteiger partial charge on any atom is 0.294 e. The van der Waals surface area contributed by atoms with E-state index in [0.29, 0.717) is 22.0 Å². The van der Waals surface area contributed by atoms with E-state index in [0.717, 1.165) is 60.2 Å². The second-order valence-electron chi connectivity index (χ2n) is 9.78. The van der Waals surface area contributed by atoms with Gasteiger partial charge in [-0.3, -0.25) is 24.6 Å².